The zero-order chi connectivity index (χ0) is 14.0. The van der Waals surface area contributed by atoms with Gasteiger partial charge >= 0.3 is 5.97 Å². The van der Waals surface area contributed by atoms with Crippen molar-refractivity contribution in [2.75, 3.05) is 13.2 Å². The van der Waals surface area contributed by atoms with Crippen LogP contribution in [0.4, 0.5) is 0 Å². The van der Waals surface area contributed by atoms with Gasteiger partial charge in [0.2, 0.25) is 0 Å². The molecule has 2 aromatic carbocycles. The Balaban J connectivity index is 1.59. The summed E-state index contributed by atoms with van der Waals surface area (Å²) in [6.07, 6.45) is 0.798. The molecule has 0 fully saturated rings. The highest BCUT2D eigenvalue weighted by Gasteiger charge is 2.03. The maximum absolute atomic E-state index is 11.5. The Kier molecular flexibility index (Phi) is 5.80. The normalized spacial score (nSPS) is 10.2. The Morgan fingerprint density at radius 3 is 2.10 bits per heavy atom. The highest BCUT2D eigenvalue weighted by atomic mass is 16.6. The summed E-state index contributed by atoms with van der Waals surface area (Å²) in [5.74, 6) is -0.332. The predicted octanol–water partition coefficient (Wildman–Crippen LogP) is 2.99. The molecular weight excluding hydrogens is 252 g/mol. The molecule has 0 aliphatic rings. The average molecular weight is 270 g/mol. The van der Waals surface area contributed by atoms with Gasteiger partial charge < -0.3 is 9.47 Å². The van der Waals surface area contributed by atoms with Gasteiger partial charge in [0.05, 0.1) is 6.61 Å². The van der Waals surface area contributed by atoms with E-state index < -0.39 is 0 Å². The number of hydrogen-bond donors (Lipinski definition) is 0. The number of rotatable bonds is 7. The smallest absolute Gasteiger partial charge is 0.332 e. The van der Waals surface area contributed by atoms with E-state index in [1.54, 1.807) is 0 Å². The molecule has 0 aliphatic carbocycles. The first-order valence-corrected chi connectivity index (χ1v) is 6.66. The summed E-state index contributed by atoms with van der Waals surface area (Å²) in [7, 11) is 0. The molecule has 0 atom stereocenters. The van der Waals surface area contributed by atoms with Crippen LogP contribution in [0.1, 0.15) is 11.1 Å². The minimum absolute atomic E-state index is 0.000330. The van der Waals surface area contributed by atoms with E-state index in [9.17, 15) is 4.79 Å². The van der Waals surface area contributed by atoms with Crippen LogP contribution >= 0.6 is 0 Å². The standard InChI is InChI=1S/C17H18O3/c18-17(20-13-16-9-5-2-6-10-16)14-19-12-11-15-7-3-1-4-8-15/h1-10H,11-14H2. The largest absolute Gasteiger partial charge is 0.459 e. The zero-order valence-electron chi connectivity index (χ0n) is 11.3. The molecule has 104 valence electrons. The van der Waals surface area contributed by atoms with Crippen LogP contribution < -0.4 is 0 Å². The molecule has 20 heavy (non-hydrogen) atoms. The Morgan fingerprint density at radius 2 is 1.45 bits per heavy atom. The van der Waals surface area contributed by atoms with Crippen LogP contribution in [-0.2, 0) is 27.3 Å². The molecule has 3 nitrogen and oxygen atoms in total. The SMILES string of the molecule is O=C(COCCc1ccccc1)OCc1ccccc1. The van der Waals surface area contributed by atoms with E-state index in [1.165, 1.54) is 5.56 Å². The van der Waals surface area contributed by atoms with Crippen LogP contribution in [0.5, 0.6) is 0 Å². The molecular formula is C17H18O3. The first-order valence-electron chi connectivity index (χ1n) is 6.66. The van der Waals surface area contributed by atoms with Gasteiger partial charge in [0.15, 0.2) is 0 Å². The highest BCUT2D eigenvalue weighted by molar-refractivity contribution is 5.70. The number of benzene rings is 2. The first-order chi connectivity index (χ1) is 9.84. The summed E-state index contributed by atoms with van der Waals surface area (Å²) in [6.45, 7) is 0.811. The summed E-state index contributed by atoms with van der Waals surface area (Å²) in [5.41, 5.74) is 2.18. The third kappa shape index (κ3) is 5.24. The number of ether oxygens (including phenoxy) is 2. The molecule has 2 aromatic rings. The molecule has 2 rings (SSSR count). The number of esters is 1. The number of hydrogen-bond acceptors (Lipinski definition) is 3. The second-order valence-electron chi connectivity index (χ2n) is 4.43. The predicted molar refractivity (Wildman–Crippen MR) is 77.2 cm³/mol. The second kappa shape index (κ2) is 8.12. The Hall–Kier alpha value is -2.13. The van der Waals surface area contributed by atoms with E-state index in [1.807, 2.05) is 60.7 Å². The Morgan fingerprint density at radius 1 is 0.850 bits per heavy atom. The van der Waals surface area contributed by atoms with E-state index in [0.29, 0.717) is 13.2 Å². The molecule has 3 heteroatoms. The first kappa shape index (κ1) is 14.3. The van der Waals surface area contributed by atoms with Crippen LogP contribution in [0.25, 0.3) is 0 Å². The summed E-state index contributed by atoms with van der Waals surface area (Å²) < 4.78 is 10.4. The molecule has 0 bridgehead atoms. The molecule has 0 saturated heterocycles. The third-order valence-electron chi connectivity index (χ3n) is 2.84. The van der Waals surface area contributed by atoms with Crippen LogP contribution in [-0.4, -0.2) is 19.2 Å². The molecule has 0 heterocycles. The molecule has 0 unspecified atom stereocenters. The lowest BCUT2D eigenvalue weighted by Crippen LogP contribution is -2.13. The van der Waals surface area contributed by atoms with E-state index in [-0.39, 0.29) is 12.6 Å². The Bertz CT molecular complexity index is 508. The highest BCUT2D eigenvalue weighted by Crippen LogP contribution is 2.02. The van der Waals surface area contributed by atoms with Crippen molar-refractivity contribution < 1.29 is 14.3 Å². The van der Waals surface area contributed by atoms with Crippen molar-refractivity contribution in [1.29, 1.82) is 0 Å². The zero-order valence-corrected chi connectivity index (χ0v) is 11.3. The lowest BCUT2D eigenvalue weighted by Gasteiger charge is -2.06. The van der Waals surface area contributed by atoms with Crippen LogP contribution in [0, 0.1) is 0 Å². The maximum Gasteiger partial charge on any atom is 0.332 e. The van der Waals surface area contributed by atoms with Gasteiger partial charge in [-0.05, 0) is 17.5 Å². The van der Waals surface area contributed by atoms with Crippen molar-refractivity contribution in [1.82, 2.24) is 0 Å². The van der Waals surface area contributed by atoms with Gasteiger partial charge in [0, 0.05) is 0 Å². The number of carbonyl (C=O) groups is 1. The van der Waals surface area contributed by atoms with E-state index in [2.05, 4.69) is 0 Å². The molecule has 0 spiro atoms. The fourth-order valence-electron chi connectivity index (χ4n) is 1.77. The van der Waals surface area contributed by atoms with Crippen LogP contribution in [0.15, 0.2) is 60.7 Å². The fourth-order valence-corrected chi connectivity index (χ4v) is 1.77. The van der Waals surface area contributed by atoms with Crippen LogP contribution in [0.2, 0.25) is 0 Å². The van der Waals surface area contributed by atoms with Crippen molar-refractivity contribution >= 4 is 5.97 Å². The molecule has 0 saturated carbocycles. The van der Waals surface area contributed by atoms with E-state index in [4.69, 9.17) is 9.47 Å². The Labute approximate surface area is 119 Å². The summed E-state index contributed by atoms with van der Waals surface area (Å²) in [5, 5.41) is 0. The molecule has 0 aromatic heterocycles. The lowest BCUT2D eigenvalue weighted by atomic mass is 10.2. The molecule has 0 amide bonds. The van der Waals surface area contributed by atoms with Gasteiger partial charge in [-0.15, -0.1) is 0 Å². The minimum atomic E-state index is -0.332. The van der Waals surface area contributed by atoms with Crippen LogP contribution in [0.3, 0.4) is 0 Å². The topological polar surface area (TPSA) is 35.5 Å². The van der Waals surface area contributed by atoms with E-state index >= 15 is 0 Å². The average Bonchev–Trinajstić information content (AvgIpc) is 2.52. The molecule has 0 N–H and O–H groups in total. The van der Waals surface area contributed by atoms with Crippen molar-refractivity contribution in [3.63, 3.8) is 0 Å². The monoisotopic (exact) mass is 270 g/mol. The number of carbonyl (C=O) groups excluding carboxylic acids is 1. The fraction of sp³-hybridized carbons (Fsp3) is 0.235. The van der Waals surface area contributed by atoms with Crippen molar-refractivity contribution in [2.24, 2.45) is 0 Å². The lowest BCUT2D eigenvalue weighted by molar-refractivity contribution is -0.150. The van der Waals surface area contributed by atoms with Gasteiger partial charge in [-0.3, -0.25) is 0 Å². The van der Waals surface area contributed by atoms with Gasteiger partial charge in [-0.25, -0.2) is 4.79 Å². The minimum Gasteiger partial charge on any atom is -0.459 e. The quantitative estimate of drug-likeness (QED) is 0.573. The van der Waals surface area contributed by atoms with Crippen molar-refractivity contribution in [3.05, 3.63) is 71.8 Å². The second-order valence-corrected chi connectivity index (χ2v) is 4.43. The van der Waals surface area contributed by atoms with Gasteiger partial charge in [-0.2, -0.15) is 0 Å². The van der Waals surface area contributed by atoms with Gasteiger partial charge in [0.1, 0.15) is 13.2 Å². The maximum atomic E-state index is 11.5. The van der Waals surface area contributed by atoms with Gasteiger partial charge in [0.25, 0.3) is 0 Å². The summed E-state index contributed by atoms with van der Waals surface area (Å²) in [6, 6.07) is 19.6. The summed E-state index contributed by atoms with van der Waals surface area (Å²) >= 11 is 0. The van der Waals surface area contributed by atoms with Crippen molar-refractivity contribution in [2.45, 2.75) is 13.0 Å². The molecule has 0 aliphatic heterocycles. The van der Waals surface area contributed by atoms with Gasteiger partial charge in [-0.1, -0.05) is 60.7 Å². The summed E-state index contributed by atoms with van der Waals surface area (Å²) in [4.78, 5) is 11.5. The third-order valence-corrected chi connectivity index (χ3v) is 2.84. The molecule has 0 radical (unpaired) electrons. The van der Waals surface area contributed by atoms with E-state index in [0.717, 1.165) is 12.0 Å². The van der Waals surface area contributed by atoms with Crippen molar-refractivity contribution in [3.8, 4) is 0 Å².